The molecule has 3 nitrogen and oxygen atoms in total. The third kappa shape index (κ3) is 1.51. The number of rotatable bonds is 1. The summed E-state index contributed by atoms with van der Waals surface area (Å²) in [5.74, 6) is 0.0246. The van der Waals surface area contributed by atoms with Crippen molar-refractivity contribution < 1.29 is 9.90 Å². The highest BCUT2D eigenvalue weighted by molar-refractivity contribution is 6.09. The second kappa shape index (κ2) is 2.75. The van der Waals surface area contributed by atoms with E-state index < -0.39 is 0 Å². The normalized spacial score (nSPS) is 18.4. The molecule has 0 saturated carbocycles. The minimum absolute atomic E-state index is 0.0246. The number of aliphatic imine (C=N–C) groups is 1. The zero-order valence-electron chi connectivity index (χ0n) is 5.79. The maximum atomic E-state index is 10.8. The minimum atomic E-state index is -0.114. The van der Waals surface area contributed by atoms with Gasteiger partial charge in [0.2, 0.25) is 0 Å². The van der Waals surface area contributed by atoms with Gasteiger partial charge in [0.25, 0.3) is 0 Å². The lowest BCUT2D eigenvalue weighted by atomic mass is 10.1. The van der Waals surface area contributed by atoms with E-state index in [1.54, 1.807) is 6.92 Å². The maximum absolute atomic E-state index is 10.8. The minimum Gasteiger partial charge on any atom is -0.390 e. The Morgan fingerprint density at radius 2 is 2.50 bits per heavy atom. The van der Waals surface area contributed by atoms with E-state index in [9.17, 15) is 4.79 Å². The van der Waals surface area contributed by atoms with Gasteiger partial charge in [-0.3, -0.25) is 9.79 Å². The Hall–Kier alpha value is -0.960. The number of carbonyl (C=O) groups excluding carboxylic acids is 1. The van der Waals surface area contributed by atoms with E-state index in [0.29, 0.717) is 11.4 Å². The van der Waals surface area contributed by atoms with Crippen LogP contribution in [-0.2, 0) is 4.79 Å². The first-order chi connectivity index (χ1) is 4.72. The number of nitrogens with zero attached hydrogens (tertiary/aromatic N) is 1. The molecule has 0 unspecified atom stereocenters. The zero-order chi connectivity index (χ0) is 7.56. The highest BCUT2D eigenvalue weighted by Crippen LogP contribution is 2.06. The van der Waals surface area contributed by atoms with Crippen LogP contribution in [0.1, 0.15) is 13.3 Å². The highest BCUT2D eigenvalue weighted by Gasteiger charge is 2.09. The average molecular weight is 139 g/mol. The van der Waals surface area contributed by atoms with Gasteiger partial charge in [0.15, 0.2) is 5.78 Å². The van der Waals surface area contributed by atoms with Crippen molar-refractivity contribution in [2.75, 3.05) is 6.61 Å². The third-order valence-corrected chi connectivity index (χ3v) is 1.27. The van der Waals surface area contributed by atoms with Crippen molar-refractivity contribution in [3.05, 3.63) is 11.8 Å². The van der Waals surface area contributed by atoms with Crippen LogP contribution in [0, 0.1) is 0 Å². The van der Waals surface area contributed by atoms with Gasteiger partial charge < -0.3 is 5.11 Å². The average Bonchev–Trinajstić information content (AvgIpc) is 1.85. The summed E-state index contributed by atoms with van der Waals surface area (Å²) < 4.78 is 0. The monoisotopic (exact) mass is 139 g/mol. The number of aliphatic hydroxyl groups is 1. The molecule has 0 aliphatic carbocycles. The zero-order valence-corrected chi connectivity index (χ0v) is 5.79. The summed E-state index contributed by atoms with van der Waals surface area (Å²) >= 11 is 0. The van der Waals surface area contributed by atoms with Gasteiger partial charge in [-0.25, -0.2) is 0 Å². The van der Waals surface area contributed by atoms with Crippen LogP contribution in [0.5, 0.6) is 0 Å². The molecule has 1 heterocycles. The van der Waals surface area contributed by atoms with Crippen molar-refractivity contribution in [1.82, 2.24) is 0 Å². The van der Waals surface area contributed by atoms with Crippen LogP contribution >= 0.6 is 0 Å². The molecule has 0 aromatic rings. The lowest BCUT2D eigenvalue weighted by Crippen LogP contribution is -2.14. The Morgan fingerprint density at radius 3 is 3.00 bits per heavy atom. The molecular formula is C7H9NO2. The van der Waals surface area contributed by atoms with E-state index >= 15 is 0 Å². The standard InChI is InChI=1S/C7H9NO2/c1-5-2-7(10)3-6(4-9)8-5/h2,9H,3-4H2,1H3. The topological polar surface area (TPSA) is 49.7 Å². The molecular weight excluding hydrogens is 130 g/mol. The van der Waals surface area contributed by atoms with Gasteiger partial charge in [-0.15, -0.1) is 0 Å². The number of allylic oxidation sites excluding steroid dienone is 2. The molecule has 1 aliphatic rings. The fourth-order valence-corrected chi connectivity index (χ4v) is 0.898. The first-order valence-electron chi connectivity index (χ1n) is 3.11. The Labute approximate surface area is 59.1 Å². The summed E-state index contributed by atoms with van der Waals surface area (Å²) in [7, 11) is 0. The van der Waals surface area contributed by atoms with Gasteiger partial charge in [0, 0.05) is 11.8 Å². The van der Waals surface area contributed by atoms with Crippen LogP contribution in [0.4, 0.5) is 0 Å². The van der Waals surface area contributed by atoms with Crippen LogP contribution in [-0.4, -0.2) is 23.2 Å². The molecule has 0 radical (unpaired) electrons. The predicted molar refractivity (Wildman–Crippen MR) is 37.9 cm³/mol. The molecule has 0 atom stereocenters. The molecule has 0 saturated heterocycles. The van der Waals surface area contributed by atoms with E-state index in [1.807, 2.05) is 0 Å². The van der Waals surface area contributed by atoms with Crippen LogP contribution < -0.4 is 0 Å². The van der Waals surface area contributed by atoms with Crippen molar-refractivity contribution in [2.24, 2.45) is 4.99 Å². The fourth-order valence-electron chi connectivity index (χ4n) is 0.898. The van der Waals surface area contributed by atoms with Crippen LogP contribution in [0.25, 0.3) is 0 Å². The second-order valence-electron chi connectivity index (χ2n) is 2.26. The molecule has 0 bridgehead atoms. The largest absolute Gasteiger partial charge is 0.390 e. The first-order valence-corrected chi connectivity index (χ1v) is 3.11. The second-order valence-corrected chi connectivity index (χ2v) is 2.26. The smallest absolute Gasteiger partial charge is 0.163 e. The van der Waals surface area contributed by atoms with Crippen LogP contribution in [0.15, 0.2) is 16.8 Å². The molecule has 1 N–H and O–H groups in total. The fraction of sp³-hybridized carbons (Fsp3) is 0.429. The van der Waals surface area contributed by atoms with E-state index in [-0.39, 0.29) is 18.8 Å². The van der Waals surface area contributed by atoms with Crippen molar-refractivity contribution in [3.8, 4) is 0 Å². The summed E-state index contributed by atoms with van der Waals surface area (Å²) in [6.45, 7) is 1.63. The molecule has 0 aromatic carbocycles. The molecule has 0 amide bonds. The summed E-state index contributed by atoms with van der Waals surface area (Å²) in [6, 6.07) is 0. The molecule has 0 fully saturated rings. The molecule has 3 heteroatoms. The van der Waals surface area contributed by atoms with E-state index in [1.165, 1.54) is 6.08 Å². The van der Waals surface area contributed by atoms with Crippen LogP contribution in [0.3, 0.4) is 0 Å². The van der Waals surface area contributed by atoms with Gasteiger partial charge in [0.1, 0.15) is 0 Å². The number of hydrogen-bond acceptors (Lipinski definition) is 3. The van der Waals surface area contributed by atoms with E-state index in [4.69, 9.17) is 5.11 Å². The quantitative estimate of drug-likeness (QED) is 0.567. The summed E-state index contributed by atoms with van der Waals surface area (Å²) in [5, 5.41) is 8.62. The Bertz CT molecular complexity index is 216. The number of hydrogen-bond donors (Lipinski definition) is 1. The third-order valence-electron chi connectivity index (χ3n) is 1.27. The Kier molecular flexibility index (Phi) is 1.97. The number of ketones is 1. The van der Waals surface area contributed by atoms with Gasteiger partial charge in [0.05, 0.1) is 18.7 Å². The molecule has 1 rings (SSSR count). The van der Waals surface area contributed by atoms with Gasteiger partial charge in [-0.05, 0) is 6.92 Å². The first kappa shape index (κ1) is 7.15. The van der Waals surface area contributed by atoms with E-state index in [0.717, 1.165) is 0 Å². The highest BCUT2D eigenvalue weighted by atomic mass is 16.3. The van der Waals surface area contributed by atoms with Gasteiger partial charge in [-0.1, -0.05) is 0 Å². The molecule has 0 aromatic heterocycles. The van der Waals surface area contributed by atoms with Crippen molar-refractivity contribution in [3.63, 3.8) is 0 Å². The summed E-state index contributed by atoms with van der Waals surface area (Å²) in [4.78, 5) is 14.7. The van der Waals surface area contributed by atoms with Crippen molar-refractivity contribution >= 4 is 11.5 Å². The summed E-state index contributed by atoms with van der Waals surface area (Å²) in [6.07, 6.45) is 1.76. The molecule has 54 valence electrons. The van der Waals surface area contributed by atoms with Crippen molar-refractivity contribution in [1.29, 1.82) is 0 Å². The maximum Gasteiger partial charge on any atom is 0.163 e. The van der Waals surface area contributed by atoms with Crippen LogP contribution in [0.2, 0.25) is 0 Å². The summed E-state index contributed by atoms with van der Waals surface area (Å²) in [5.41, 5.74) is 1.24. The predicted octanol–water partition coefficient (Wildman–Crippen LogP) is 0.296. The Morgan fingerprint density at radius 1 is 1.80 bits per heavy atom. The van der Waals surface area contributed by atoms with Crippen molar-refractivity contribution in [2.45, 2.75) is 13.3 Å². The molecule has 10 heavy (non-hydrogen) atoms. The lowest BCUT2D eigenvalue weighted by Gasteiger charge is -2.05. The Balaban J connectivity index is 2.80. The SMILES string of the molecule is CC1=CC(=O)CC(CO)=N1. The lowest BCUT2D eigenvalue weighted by molar-refractivity contribution is -0.113. The number of carbonyl (C=O) groups is 1. The van der Waals surface area contributed by atoms with Gasteiger partial charge >= 0.3 is 0 Å². The van der Waals surface area contributed by atoms with Gasteiger partial charge in [-0.2, -0.15) is 0 Å². The number of aliphatic hydroxyl groups excluding tert-OH is 1. The molecule has 0 spiro atoms. The van der Waals surface area contributed by atoms with E-state index in [2.05, 4.69) is 4.99 Å². The molecule has 1 aliphatic heterocycles.